The first-order valence-electron chi connectivity index (χ1n) is 9.47. The Balaban J connectivity index is 1.91. The second kappa shape index (κ2) is 11.6. The summed E-state index contributed by atoms with van der Waals surface area (Å²) in [6, 6.07) is 0.820. The fraction of sp³-hybridized carbons (Fsp3) is 1.00. The predicted molar refractivity (Wildman–Crippen MR) is 91.2 cm³/mol. The summed E-state index contributed by atoms with van der Waals surface area (Å²) < 4.78 is 0. The molecule has 0 heterocycles. The fourth-order valence-electron chi connectivity index (χ4n) is 3.58. The number of nitrogens with one attached hydrogen (secondary N) is 1. The van der Waals surface area contributed by atoms with Gasteiger partial charge in [-0.1, -0.05) is 78.6 Å². The summed E-state index contributed by atoms with van der Waals surface area (Å²) in [6.07, 6.45) is 17.2. The summed E-state index contributed by atoms with van der Waals surface area (Å²) in [6.45, 7) is 8.34. The Morgan fingerprint density at radius 1 is 0.900 bits per heavy atom. The average Bonchev–Trinajstić information content (AvgIpc) is 2.46. The van der Waals surface area contributed by atoms with E-state index in [4.69, 9.17) is 0 Å². The van der Waals surface area contributed by atoms with Gasteiger partial charge in [-0.25, -0.2) is 0 Å². The lowest BCUT2D eigenvalue weighted by Crippen LogP contribution is -2.36. The van der Waals surface area contributed by atoms with Crippen molar-refractivity contribution in [3.8, 4) is 0 Å². The van der Waals surface area contributed by atoms with Gasteiger partial charge in [0.1, 0.15) is 0 Å². The highest BCUT2D eigenvalue weighted by Crippen LogP contribution is 2.29. The van der Waals surface area contributed by atoms with Crippen LogP contribution >= 0.6 is 0 Å². The van der Waals surface area contributed by atoms with E-state index in [1.807, 2.05) is 0 Å². The van der Waals surface area contributed by atoms with E-state index in [0.717, 1.165) is 17.9 Å². The van der Waals surface area contributed by atoms with Gasteiger partial charge in [0.2, 0.25) is 0 Å². The van der Waals surface area contributed by atoms with E-state index < -0.39 is 0 Å². The molecule has 1 N–H and O–H groups in total. The van der Waals surface area contributed by atoms with Gasteiger partial charge in [0.15, 0.2) is 0 Å². The molecule has 1 aliphatic carbocycles. The predicted octanol–water partition coefficient (Wildman–Crippen LogP) is 5.93. The van der Waals surface area contributed by atoms with E-state index in [2.05, 4.69) is 26.1 Å². The van der Waals surface area contributed by atoms with Gasteiger partial charge in [-0.15, -0.1) is 0 Å². The van der Waals surface area contributed by atoms with Gasteiger partial charge in [-0.3, -0.25) is 0 Å². The lowest BCUT2D eigenvalue weighted by atomic mass is 9.79. The van der Waals surface area contributed by atoms with E-state index in [0.29, 0.717) is 0 Å². The largest absolute Gasteiger partial charge is 0.314 e. The van der Waals surface area contributed by atoms with Crippen molar-refractivity contribution in [2.24, 2.45) is 11.8 Å². The molecule has 120 valence electrons. The molecule has 0 aromatic rings. The molecule has 1 fully saturated rings. The van der Waals surface area contributed by atoms with Crippen molar-refractivity contribution >= 4 is 0 Å². The Morgan fingerprint density at radius 3 is 2.20 bits per heavy atom. The second-order valence-corrected chi connectivity index (χ2v) is 7.30. The fourth-order valence-corrected chi connectivity index (χ4v) is 3.58. The quantitative estimate of drug-likeness (QED) is 0.463. The Bertz CT molecular complexity index is 212. The van der Waals surface area contributed by atoms with Gasteiger partial charge in [0.25, 0.3) is 0 Å². The van der Waals surface area contributed by atoms with Crippen LogP contribution in [0.25, 0.3) is 0 Å². The van der Waals surface area contributed by atoms with Gasteiger partial charge < -0.3 is 5.32 Å². The minimum absolute atomic E-state index is 0.820. The SMILES string of the molecule is CCCCCCCCCCNC1CCCC(C(C)C)C1. The third-order valence-corrected chi connectivity index (χ3v) is 5.12. The molecular weight excluding hydrogens is 242 g/mol. The smallest absolute Gasteiger partial charge is 0.00698 e. The van der Waals surface area contributed by atoms with Crippen molar-refractivity contribution in [3.63, 3.8) is 0 Å². The van der Waals surface area contributed by atoms with Crippen molar-refractivity contribution in [2.75, 3.05) is 6.54 Å². The highest BCUT2D eigenvalue weighted by Gasteiger charge is 2.23. The van der Waals surface area contributed by atoms with E-state index in [1.165, 1.54) is 83.6 Å². The zero-order valence-corrected chi connectivity index (χ0v) is 14.4. The Morgan fingerprint density at radius 2 is 1.55 bits per heavy atom. The van der Waals surface area contributed by atoms with Gasteiger partial charge in [-0.05, 0) is 37.6 Å². The van der Waals surface area contributed by atoms with E-state index in [1.54, 1.807) is 0 Å². The van der Waals surface area contributed by atoms with Crippen LogP contribution in [0, 0.1) is 11.8 Å². The van der Waals surface area contributed by atoms with Crippen LogP contribution in [0.15, 0.2) is 0 Å². The molecule has 0 amide bonds. The van der Waals surface area contributed by atoms with Crippen LogP contribution in [-0.2, 0) is 0 Å². The molecule has 0 spiro atoms. The molecule has 20 heavy (non-hydrogen) atoms. The average molecular weight is 282 g/mol. The zero-order valence-electron chi connectivity index (χ0n) is 14.4. The molecule has 0 aliphatic heterocycles. The molecule has 1 aliphatic rings. The van der Waals surface area contributed by atoms with Crippen molar-refractivity contribution in [1.29, 1.82) is 0 Å². The van der Waals surface area contributed by atoms with Crippen LogP contribution in [0.4, 0.5) is 0 Å². The number of unbranched alkanes of at least 4 members (excludes halogenated alkanes) is 7. The molecule has 0 aromatic heterocycles. The summed E-state index contributed by atoms with van der Waals surface area (Å²) in [5, 5.41) is 3.82. The molecule has 1 rings (SSSR count). The number of hydrogen-bond donors (Lipinski definition) is 1. The first-order chi connectivity index (χ1) is 9.74. The first-order valence-corrected chi connectivity index (χ1v) is 9.47. The summed E-state index contributed by atoms with van der Waals surface area (Å²) in [4.78, 5) is 0. The molecule has 0 radical (unpaired) electrons. The molecule has 0 bridgehead atoms. The molecule has 0 aromatic carbocycles. The second-order valence-electron chi connectivity index (χ2n) is 7.30. The molecule has 2 unspecified atom stereocenters. The van der Waals surface area contributed by atoms with Crippen LogP contribution in [0.1, 0.15) is 97.8 Å². The Kier molecular flexibility index (Phi) is 10.4. The van der Waals surface area contributed by atoms with Crippen molar-refractivity contribution in [1.82, 2.24) is 5.32 Å². The zero-order chi connectivity index (χ0) is 14.6. The molecule has 1 nitrogen and oxygen atoms in total. The summed E-state index contributed by atoms with van der Waals surface area (Å²) >= 11 is 0. The number of hydrogen-bond acceptors (Lipinski definition) is 1. The maximum Gasteiger partial charge on any atom is 0.00698 e. The normalized spacial score (nSPS) is 23.4. The van der Waals surface area contributed by atoms with Gasteiger partial charge >= 0.3 is 0 Å². The maximum atomic E-state index is 3.82. The van der Waals surface area contributed by atoms with Gasteiger partial charge in [-0.2, -0.15) is 0 Å². The third kappa shape index (κ3) is 8.29. The van der Waals surface area contributed by atoms with E-state index in [9.17, 15) is 0 Å². The Labute approximate surface area is 128 Å². The van der Waals surface area contributed by atoms with Gasteiger partial charge in [0.05, 0.1) is 0 Å². The van der Waals surface area contributed by atoms with Crippen LogP contribution in [0.3, 0.4) is 0 Å². The summed E-state index contributed by atoms with van der Waals surface area (Å²) in [5.41, 5.74) is 0. The highest BCUT2D eigenvalue weighted by atomic mass is 14.9. The minimum atomic E-state index is 0.820. The molecular formula is C19H39N. The monoisotopic (exact) mass is 281 g/mol. The van der Waals surface area contributed by atoms with Crippen LogP contribution < -0.4 is 5.32 Å². The lowest BCUT2D eigenvalue weighted by Gasteiger charge is -2.32. The Hall–Kier alpha value is -0.0400. The van der Waals surface area contributed by atoms with Crippen LogP contribution in [0.2, 0.25) is 0 Å². The van der Waals surface area contributed by atoms with E-state index >= 15 is 0 Å². The lowest BCUT2D eigenvalue weighted by molar-refractivity contribution is 0.231. The van der Waals surface area contributed by atoms with Crippen LogP contribution in [-0.4, -0.2) is 12.6 Å². The standard InChI is InChI=1S/C19H39N/c1-4-5-6-7-8-9-10-11-15-20-19-14-12-13-18(16-19)17(2)3/h17-20H,4-16H2,1-3H3. The minimum Gasteiger partial charge on any atom is -0.314 e. The molecule has 2 atom stereocenters. The molecule has 1 saturated carbocycles. The van der Waals surface area contributed by atoms with E-state index in [-0.39, 0.29) is 0 Å². The summed E-state index contributed by atoms with van der Waals surface area (Å²) in [5.74, 6) is 1.85. The van der Waals surface area contributed by atoms with Crippen molar-refractivity contribution in [3.05, 3.63) is 0 Å². The van der Waals surface area contributed by atoms with Crippen molar-refractivity contribution < 1.29 is 0 Å². The maximum absolute atomic E-state index is 3.82. The molecule has 0 saturated heterocycles. The third-order valence-electron chi connectivity index (χ3n) is 5.12. The first kappa shape index (κ1) is 18.0. The highest BCUT2D eigenvalue weighted by molar-refractivity contribution is 4.79. The van der Waals surface area contributed by atoms with Gasteiger partial charge in [0, 0.05) is 6.04 Å². The van der Waals surface area contributed by atoms with Crippen LogP contribution in [0.5, 0.6) is 0 Å². The number of rotatable bonds is 11. The van der Waals surface area contributed by atoms with Crippen molar-refractivity contribution in [2.45, 2.75) is 104 Å². The summed E-state index contributed by atoms with van der Waals surface area (Å²) in [7, 11) is 0. The topological polar surface area (TPSA) is 12.0 Å². The molecule has 1 heteroatoms.